The molecule has 3 aromatic carbocycles. The highest BCUT2D eigenvalue weighted by molar-refractivity contribution is 5.73. The van der Waals surface area contributed by atoms with Crippen LogP contribution in [0.1, 0.15) is 11.1 Å². The van der Waals surface area contributed by atoms with E-state index in [1.807, 2.05) is 24.3 Å². The van der Waals surface area contributed by atoms with Crippen LogP contribution in [0.4, 0.5) is 13.2 Å². The van der Waals surface area contributed by atoms with E-state index >= 15 is 0 Å². The van der Waals surface area contributed by atoms with Gasteiger partial charge >= 0.3 is 6.36 Å². The maximum atomic E-state index is 12.8. The second kappa shape index (κ2) is 10.2. The first-order valence-corrected chi connectivity index (χ1v) is 10.6. The number of hydrogen-bond acceptors (Lipinski definition) is 6. The molecule has 0 radical (unpaired) electrons. The van der Waals surface area contributed by atoms with E-state index in [9.17, 15) is 18.4 Å². The maximum Gasteiger partial charge on any atom is 0.573 e. The molecule has 4 aromatic rings. The average Bonchev–Trinajstić information content (AvgIpc) is 2.84. The molecule has 0 spiro atoms. The van der Waals surface area contributed by atoms with Crippen molar-refractivity contribution in [3.05, 3.63) is 90.1 Å². The van der Waals surface area contributed by atoms with Gasteiger partial charge in [-0.15, -0.1) is 13.2 Å². The van der Waals surface area contributed by atoms with Crippen LogP contribution in [0.2, 0.25) is 0 Å². The molecule has 0 amide bonds. The maximum absolute atomic E-state index is 12.8. The van der Waals surface area contributed by atoms with E-state index in [1.54, 1.807) is 24.3 Å². The number of benzene rings is 3. The molecule has 35 heavy (non-hydrogen) atoms. The molecule has 0 aliphatic rings. The van der Waals surface area contributed by atoms with Crippen molar-refractivity contribution >= 4 is 0 Å². The zero-order chi connectivity index (χ0) is 24.8. The standard InChI is InChI=1S/C26H19F3N4O2/c27-26(28,29)35-24-4-2-1-3-22(24)23-14-20(16-32-33-23)34-25-13-18(15-31)7-10-21(25)19-8-5-17(6-9-19)11-12-30/h1-10,13-14,16H,11-12,30H2. The first kappa shape index (κ1) is 23.7. The molecule has 9 heteroatoms. The molecule has 0 bridgehead atoms. The molecule has 0 saturated heterocycles. The van der Waals surface area contributed by atoms with Gasteiger partial charge in [0.25, 0.3) is 0 Å². The minimum Gasteiger partial charge on any atom is -0.455 e. The molecule has 0 unspecified atom stereocenters. The molecular formula is C26H19F3N4O2. The third kappa shape index (κ3) is 5.93. The molecule has 0 saturated carbocycles. The summed E-state index contributed by atoms with van der Waals surface area (Å²) in [5.41, 5.74) is 8.91. The van der Waals surface area contributed by atoms with Gasteiger partial charge in [-0.05, 0) is 54.4 Å². The van der Waals surface area contributed by atoms with Gasteiger partial charge in [0, 0.05) is 17.2 Å². The minimum absolute atomic E-state index is 0.101. The Morgan fingerprint density at radius 1 is 0.914 bits per heavy atom. The molecule has 0 aliphatic carbocycles. The number of rotatable bonds is 7. The summed E-state index contributed by atoms with van der Waals surface area (Å²) in [6, 6.07) is 22.0. The van der Waals surface area contributed by atoms with E-state index in [0.717, 1.165) is 23.1 Å². The largest absolute Gasteiger partial charge is 0.573 e. The number of alkyl halides is 3. The van der Waals surface area contributed by atoms with Crippen LogP contribution < -0.4 is 15.2 Å². The Kier molecular flexibility index (Phi) is 6.94. The van der Waals surface area contributed by atoms with Crippen LogP contribution in [0.3, 0.4) is 0 Å². The summed E-state index contributed by atoms with van der Waals surface area (Å²) in [6.07, 6.45) is -2.77. The average molecular weight is 476 g/mol. The molecule has 0 aliphatic heterocycles. The van der Waals surface area contributed by atoms with Gasteiger partial charge in [-0.3, -0.25) is 0 Å². The number of ether oxygens (including phenoxy) is 2. The molecule has 0 fully saturated rings. The van der Waals surface area contributed by atoms with Crippen LogP contribution in [-0.4, -0.2) is 23.1 Å². The summed E-state index contributed by atoms with van der Waals surface area (Å²) in [6.45, 7) is 0.541. The van der Waals surface area contributed by atoms with E-state index in [-0.39, 0.29) is 17.0 Å². The molecule has 2 N–H and O–H groups in total. The number of para-hydroxylation sites is 1. The van der Waals surface area contributed by atoms with Crippen molar-refractivity contribution < 1.29 is 22.6 Å². The van der Waals surface area contributed by atoms with Crippen LogP contribution >= 0.6 is 0 Å². The van der Waals surface area contributed by atoms with Gasteiger partial charge in [0.15, 0.2) is 0 Å². The van der Waals surface area contributed by atoms with Crippen molar-refractivity contribution in [3.63, 3.8) is 0 Å². The highest BCUT2D eigenvalue weighted by Crippen LogP contribution is 2.37. The van der Waals surface area contributed by atoms with E-state index in [1.165, 1.54) is 30.5 Å². The fourth-order valence-corrected chi connectivity index (χ4v) is 3.49. The fraction of sp³-hybridized carbons (Fsp3) is 0.115. The zero-order valence-corrected chi connectivity index (χ0v) is 18.3. The van der Waals surface area contributed by atoms with Gasteiger partial charge in [0.05, 0.1) is 17.8 Å². The number of nitrogens with two attached hydrogens (primary N) is 1. The normalized spacial score (nSPS) is 11.1. The number of hydrogen-bond donors (Lipinski definition) is 1. The molecule has 6 nitrogen and oxygen atoms in total. The Labute approximate surface area is 199 Å². The Hall–Kier alpha value is -4.42. The Balaban J connectivity index is 1.69. The van der Waals surface area contributed by atoms with Crippen LogP contribution in [0.25, 0.3) is 22.4 Å². The third-order valence-corrected chi connectivity index (χ3v) is 5.05. The summed E-state index contributed by atoms with van der Waals surface area (Å²) in [5.74, 6) is 0.207. The van der Waals surface area contributed by atoms with Gasteiger partial charge < -0.3 is 15.2 Å². The molecule has 1 heterocycles. The topological polar surface area (TPSA) is 94.1 Å². The van der Waals surface area contributed by atoms with Gasteiger partial charge in [0.2, 0.25) is 0 Å². The fourth-order valence-electron chi connectivity index (χ4n) is 3.49. The number of nitrogens with zero attached hydrogens (tertiary/aromatic N) is 3. The number of nitriles is 1. The van der Waals surface area contributed by atoms with Crippen LogP contribution in [-0.2, 0) is 6.42 Å². The van der Waals surface area contributed by atoms with E-state index in [2.05, 4.69) is 21.0 Å². The van der Waals surface area contributed by atoms with Crippen LogP contribution in [0.5, 0.6) is 17.2 Å². The second-order valence-corrected chi connectivity index (χ2v) is 7.48. The van der Waals surface area contributed by atoms with Crippen molar-refractivity contribution in [2.75, 3.05) is 6.54 Å². The predicted molar refractivity (Wildman–Crippen MR) is 124 cm³/mol. The minimum atomic E-state index is -4.86. The Morgan fingerprint density at radius 2 is 1.69 bits per heavy atom. The Bertz CT molecular complexity index is 1370. The SMILES string of the molecule is N#Cc1ccc(-c2ccc(CCN)cc2)c(Oc2cnnc(-c3ccccc3OC(F)(F)F)c2)c1. The van der Waals surface area contributed by atoms with Gasteiger partial charge in [0.1, 0.15) is 22.9 Å². The number of aromatic nitrogens is 2. The number of halogens is 3. The molecular weight excluding hydrogens is 457 g/mol. The first-order chi connectivity index (χ1) is 16.9. The monoisotopic (exact) mass is 476 g/mol. The zero-order valence-electron chi connectivity index (χ0n) is 18.3. The van der Waals surface area contributed by atoms with Gasteiger partial charge in [-0.25, -0.2) is 0 Å². The van der Waals surface area contributed by atoms with Crippen LogP contribution in [0.15, 0.2) is 79.0 Å². The quantitative estimate of drug-likeness (QED) is 0.358. The van der Waals surface area contributed by atoms with E-state index in [4.69, 9.17) is 10.5 Å². The van der Waals surface area contributed by atoms with Crippen LogP contribution in [0, 0.1) is 11.3 Å². The molecule has 0 atom stereocenters. The lowest BCUT2D eigenvalue weighted by Crippen LogP contribution is -2.17. The molecule has 4 rings (SSSR count). The second-order valence-electron chi connectivity index (χ2n) is 7.48. The van der Waals surface area contributed by atoms with Crippen molar-refractivity contribution in [3.8, 4) is 45.7 Å². The highest BCUT2D eigenvalue weighted by atomic mass is 19.4. The summed E-state index contributed by atoms with van der Waals surface area (Å²) < 4.78 is 48.7. The molecule has 1 aromatic heterocycles. The van der Waals surface area contributed by atoms with Crippen molar-refractivity contribution in [2.24, 2.45) is 5.73 Å². The molecule has 176 valence electrons. The van der Waals surface area contributed by atoms with E-state index in [0.29, 0.717) is 17.9 Å². The van der Waals surface area contributed by atoms with Gasteiger partial charge in [-0.1, -0.05) is 36.4 Å². The smallest absolute Gasteiger partial charge is 0.455 e. The third-order valence-electron chi connectivity index (χ3n) is 5.05. The van der Waals surface area contributed by atoms with Crippen molar-refractivity contribution in [1.82, 2.24) is 10.2 Å². The lowest BCUT2D eigenvalue weighted by molar-refractivity contribution is -0.274. The Morgan fingerprint density at radius 3 is 2.40 bits per heavy atom. The first-order valence-electron chi connectivity index (χ1n) is 10.6. The highest BCUT2D eigenvalue weighted by Gasteiger charge is 2.32. The van der Waals surface area contributed by atoms with Crippen molar-refractivity contribution in [1.29, 1.82) is 5.26 Å². The lowest BCUT2D eigenvalue weighted by atomic mass is 10.0. The van der Waals surface area contributed by atoms with Crippen molar-refractivity contribution in [2.45, 2.75) is 12.8 Å². The summed E-state index contributed by atoms with van der Waals surface area (Å²) >= 11 is 0. The summed E-state index contributed by atoms with van der Waals surface area (Å²) in [7, 11) is 0. The summed E-state index contributed by atoms with van der Waals surface area (Å²) in [5, 5.41) is 17.2. The lowest BCUT2D eigenvalue weighted by Gasteiger charge is -2.14. The van der Waals surface area contributed by atoms with E-state index < -0.39 is 12.1 Å². The van der Waals surface area contributed by atoms with Gasteiger partial charge in [-0.2, -0.15) is 15.5 Å². The summed E-state index contributed by atoms with van der Waals surface area (Å²) in [4.78, 5) is 0. The predicted octanol–water partition coefficient (Wildman–Crippen LogP) is 5.87.